The van der Waals surface area contributed by atoms with Crippen molar-refractivity contribution in [3.63, 3.8) is 0 Å². The lowest BCUT2D eigenvalue weighted by atomic mass is 10.00. The highest BCUT2D eigenvalue weighted by Crippen LogP contribution is 2.34. The van der Waals surface area contributed by atoms with Crippen molar-refractivity contribution < 1.29 is 23.2 Å². The first kappa shape index (κ1) is 16.1. The summed E-state index contributed by atoms with van der Waals surface area (Å²) in [5, 5.41) is 0. The summed E-state index contributed by atoms with van der Waals surface area (Å²) in [4.78, 5) is 22.6. The number of hydrogen-bond donors (Lipinski definition) is 0. The number of ether oxygens (including phenoxy) is 2. The molecule has 0 fully saturated rings. The number of carbonyl (C=O) groups excluding carboxylic acids is 2. The van der Waals surface area contributed by atoms with Gasteiger partial charge in [0, 0.05) is 6.92 Å². The van der Waals surface area contributed by atoms with E-state index in [1.54, 1.807) is 13.8 Å². The first-order valence-electron chi connectivity index (χ1n) is 5.55. The second-order valence-electron chi connectivity index (χ2n) is 4.72. The van der Waals surface area contributed by atoms with E-state index in [9.17, 15) is 13.7 Å². The van der Waals surface area contributed by atoms with Gasteiger partial charge in [0.15, 0.2) is 0 Å². The summed E-state index contributed by atoms with van der Waals surface area (Å²) in [5.74, 6) is -1.78. The molecule has 0 aliphatic heterocycles. The number of esters is 2. The fourth-order valence-electron chi connectivity index (χ4n) is 1.70. The van der Waals surface area contributed by atoms with Crippen LogP contribution < -0.4 is 0 Å². The highest BCUT2D eigenvalue weighted by atomic mass is 28.4. The van der Waals surface area contributed by atoms with Crippen LogP contribution in [0.1, 0.15) is 20.8 Å². The highest BCUT2D eigenvalue weighted by Gasteiger charge is 2.43. The van der Waals surface area contributed by atoms with E-state index < -0.39 is 37.9 Å². The van der Waals surface area contributed by atoms with Crippen molar-refractivity contribution in [2.45, 2.75) is 45.5 Å². The van der Waals surface area contributed by atoms with Crippen LogP contribution in [0.3, 0.4) is 0 Å². The molecular weight excluding hydrogens is 243 g/mol. The van der Waals surface area contributed by atoms with Crippen molar-refractivity contribution in [1.29, 1.82) is 0 Å². The number of halogens is 1. The molecule has 4 nitrogen and oxygen atoms in total. The van der Waals surface area contributed by atoms with Crippen LogP contribution in [-0.2, 0) is 19.1 Å². The van der Waals surface area contributed by atoms with Crippen molar-refractivity contribution in [1.82, 2.24) is 0 Å². The van der Waals surface area contributed by atoms with Crippen molar-refractivity contribution in [3.8, 4) is 0 Å². The van der Waals surface area contributed by atoms with Crippen LogP contribution in [0, 0.1) is 5.92 Å². The van der Waals surface area contributed by atoms with Crippen LogP contribution >= 0.6 is 0 Å². The van der Waals surface area contributed by atoms with Crippen molar-refractivity contribution in [2.24, 2.45) is 5.92 Å². The Balaban J connectivity index is 5.00. The molecule has 0 aliphatic carbocycles. The third kappa shape index (κ3) is 4.85. The summed E-state index contributed by atoms with van der Waals surface area (Å²) in [7, 11) is -1.76. The minimum Gasteiger partial charge on any atom is -0.469 e. The van der Waals surface area contributed by atoms with Gasteiger partial charge in [0.1, 0.15) is 6.10 Å². The zero-order chi connectivity index (χ0) is 13.8. The summed E-state index contributed by atoms with van der Waals surface area (Å²) < 4.78 is 23.6. The lowest BCUT2D eigenvalue weighted by molar-refractivity contribution is -0.158. The average molecular weight is 264 g/mol. The lowest BCUT2D eigenvalue weighted by Gasteiger charge is -2.31. The molecule has 0 aromatic carbocycles. The first-order chi connectivity index (χ1) is 7.61. The topological polar surface area (TPSA) is 52.6 Å². The normalized spacial score (nSPS) is 16.9. The summed E-state index contributed by atoms with van der Waals surface area (Å²) >= 11 is 0. The molecule has 0 N–H and O–H groups in total. The van der Waals surface area contributed by atoms with Gasteiger partial charge in [0.2, 0.25) is 8.41 Å². The third-order valence-electron chi connectivity index (χ3n) is 2.95. The van der Waals surface area contributed by atoms with E-state index in [1.807, 2.05) is 0 Å². The first-order valence-corrected chi connectivity index (χ1v) is 8.50. The van der Waals surface area contributed by atoms with E-state index in [1.165, 1.54) is 27.1 Å². The maximum absolute atomic E-state index is 14.0. The fourth-order valence-corrected chi connectivity index (χ4v) is 2.96. The molecule has 0 bridgehead atoms. The predicted octanol–water partition coefficient (Wildman–Crippen LogP) is 2.29. The fraction of sp³-hybridized carbons (Fsp3) is 0.818. The minimum atomic E-state index is -3.01. The summed E-state index contributed by atoms with van der Waals surface area (Å²) in [6.45, 7) is 7.54. The van der Waals surface area contributed by atoms with Gasteiger partial charge in [-0.3, -0.25) is 9.59 Å². The SMILES string of the molecule is COC(=O)[C@@H]([C@H](C)OC(C)=O)[C@H](C)[Si](C)(C)F. The Morgan fingerprint density at radius 1 is 1.24 bits per heavy atom. The molecule has 3 atom stereocenters. The lowest BCUT2D eigenvalue weighted by Crippen LogP contribution is -2.41. The van der Waals surface area contributed by atoms with Gasteiger partial charge in [-0.25, -0.2) is 0 Å². The molecule has 100 valence electrons. The molecule has 0 saturated carbocycles. The van der Waals surface area contributed by atoms with Crippen LogP contribution in [-0.4, -0.2) is 33.6 Å². The van der Waals surface area contributed by atoms with Crippen molar-refractivity contribution in [3.05, 3.63) is 0 Å². The second kappa shape index (κ2) is 6.14. The molecule has 0 aliphatic rings. The molecule has 0 aromatic heterocycles. The number of hydrogen-bond acceptors (Lipinski definition) is 4. The number of methoxy groups -OCH3 is 1. The van der Waals surface area contributed by atoms with E-state index >= 15 is 0 Å². The molecular formula is C11H21FO4Si. The molecule has 6 heteroatoms. The Morgan fingerprint density at radius 2 is 1.71 bits per heavy atom. The van der Waals surface area contributed by atoms with Crippen LogP contribution in [0.25, 0.3) is 0 Å². The van der Waals surface area contributed by atoms with Gasteiger partial charge in [-0.15, -0.1) is 0 Å². The van der Waals surface area contributed by atoms with Crippen LogP contribution in [0.2, 0.25) is 18.6 Å². The number of carbonyl (C=O) groups is 2. The van der Waals surface area contributed by atoms with Gasteiger partial charge < -0.3 is 13.6 Å². The zero-order valence-electron chi connectivity index (χ0n) is 11.2. The monoisotopic (exact) mass is 264 g/mol. The molecule has 0 amide bonds. The molecule has 0 spiro atoms. The van der Waals surface area contributed by atoms with Gasteiger partial charge in [-0.2, -0.15) is 0 Å². The van der Waals surface area contributed by atoms with E-state index in [0.29, 0.717) is 0 Å². The summed E-state index contributed by atoms with van der Waals surface area (Å²) in [6.07, 6.45) is -0.683. The Kier molecular flexibility index (Phi) is 5.81. The minimum absolute atomic E-state index is 0.482. The molecule has 0 saturated heterocycles. The van der Waals surface area contributed by atoms with Crippen LogP contribution in [0.15, 0.2) is 0 Å². The van der Waals surface area contributed by atoms with Crippen LogP contribution in [0.5, 0.6) is 0 Å². The van der Waals surface area contributed by atoms with Gasteiger partial charge >= 0.3 is 11.9 Å². The molecule has 0 rings (SSSR count). The van der Waals surface area contributed by atoms with E-state index in [0.717, 1.165) is 0 Å². The van der Waals surface area contributed by atoms with Gasteiger partial charge in [0.25, 0.3) is 0 Å². The van der Waals surface area contributed by atoms with E-state index in [2.05, 4.69) is 4.74 Å². The maximum Gasteiger partial charge on any atom is 0.312 e. The molecule has 0 heterocycles. The van der Waals surface area contributed by atoms with Gasteiger partial charge in [-0.1, -0.05) is 6.92 Å². The zero-order valence-corrected chi connectivity index (χ0v) is 12.2. The van der Waals surface area contributed by atoms with Gasteiger partial charge in [0.05, 0.1) is 13.0 Å². The Hall–Kier alpha value is -0.913. The predicted molar refractivity (Wildman–Crippen MR) is 64.7 cm³/mol. The van der Waals surface area contributed by atoms with Gasteiger partial charge in [-0.05, 0) is 25.6 Å². The standard InChI is InChI=1S/C11H21FO4Si/c1-7(16-9(3)13)10(11(14)15-4)8(2)17(5,6)12/h7-8,10H,1-6H3/t7-,8-,10-/m0/s1. The highest BCUT2D eigenvalue weighted by molar-refractivity contribution is 6.72. The third-order valence-corrected chi connectivity index (χ3v) is 5.48. The average Bonchev–Trinajstić information content (AvgIpc) is 2.14. The Labute approximate surface area is 103 Å². The largest absolute Gasteiger partial charge is 0.469 e. The summed E-state index contributed by atoms with van der Waals surface area (Å²) in [6, 6.07) is 0. The number of rotatable bonds is 5. The smallest absolute Gasteiger partial charge is 0.312 e. The van der Waals surface area contributed by atoms with Crippen LogP contribution in [0.4, 0.5) is 4.11 Å². The quantitative estimate of drug-likeness (QED) is 0.434. The second-order valence-corrected chi connectivity index (χ2v) is 8.76. The Morgan fingerprint density at radius 3 is 2.00 bits per heavy atom. The van der Waals surface area contributed by atoms with Crippen molar-refractivity contribution >= 4 is 20.3 Å². The molecule has 0 aromatic rings. The van der Waals surface area contributed by atoms with E-state index in [-0.39, 0.29) is 0 Å². The molecule has 0 radical (unpaired) electrons. The van der Waals surface area contributed by atoms with Crippen molar-refractivity contribution in [2.75, 3.05) is 7.11 Å². The maximum atomic E-state index is 14.0. The van der Waals surface area contributed by atoms with E-state index in [4.69, 9.17) is 4.74 Å². The Bertz CT molecular complexity index is 288. The molecule has 17 heavy (non-hydrogen) atoms. The molecule has 0 unspecified atom stereocenters. The summed E-state index contributed by atoms with van der Waals surface area (Å²) in [5.41, 5.74) is -0.482.